The van der Waals surface area contributed by atoms with Crippen LogP contribution < -0.4 is 5.32 Å². The zero-order chi connectivity index (χ0) is 17.2. The normalized spacial score (nSPS) is 30.0. The molecule has 1 aromatic rings. The lowest BCUT2D eigenvalue weighted by Crippen LogP contribution is -2.42. The molecule has 4 heteroatoms. The SMILES string of the molecule is O=C(NC1CCN(C(=O)CCc2ccccc2)C1)C1CC2C=CC1C2. The number of hydrogen-bond acceptors (Lipinski definition) is 2. The number of fused-ring (bicyclic) bond motifs is 2. The van der Waals surface area contributed by atoms with Crippen LogP contribution in [0.15, 0.2) is 42.5 Å². The van der Waals surface area contributed by atoms with E-state index in [0.717, 1.165) is 32.2 Å². The molecule has 2 amide bonds. The summed E-state index contributed by atoms with van der Waals surface area (Å²) in [5.74, 6) is 1.59. The van der Waals surface area contributed by atoms with E-state index in [2.05, 4.69) is 29.6 Å². The second kappa shape index (κ2) is 7.03. The van der Waals surface area contributed by atoms with E-state index in [-0.39, 0.29) is 23.8 Å². The molecule has 1 saturated carbocycles. The number of hydrogen-bond donors (Lipinski definition) is 1. The van der Waals surface area contributed by atoms with Crippen LogP contribution >= 0.6 is 0 Å². The largest absolute Gasteiger partial charge is 0.351 e. The first-order valence-electron chi connectivity index (χ1n) is 9.49. The van der Waals surface area contributed by atoms with Crippen molar-refractivity contribution in [1.82, 2.24) is 10.2 Å². The lowest BCUT2D eigenvalue weighted by atomic mass is 9.92. The molecule has 1 heterocycles. The molecule has 25 heavy (non-hydrogen) atoms. The molecular formula is C21H26N2O2. The predicted molar refractivity (Wildman–Crippen MR) is 96.7 cm³/mol. The minimum absolute atomic E-state index is 0.122. The van der Waals surface area contributed by atoms with Gasteiger partial charge >= 0.3 is 0 Å². The quantitative estimate of drug-likeness (QED) is 0.839. The highest BCUT2D eigenvalue weighted by atomic mass is 16.2. The van der Waals surface area contributed by atoms with Gasteiger partial charge in [-0.2, -0.15) is 0 Å². The van der Waals surface area contributed by atoms with Crippen LogP contribution in [0.2, 0.25) is 0 Å². The fourth-order valence-corrected chi connectivity index (χ4v) is 4.55. The fraction of sp³-hybridized carbons (Fsp3) is 0.524. The Labute approximate surface area is 149 Å². The number of aryl methyl sites for hydroxylation is 1. The minimum Gasteiger partial charge on any atom is -0.351 e. The van der Waals surface area contributed by atoms with Crippen LogP contribution in [0, 0.1) is 17.8 Å². The summed E-state index contributed by atoms with van der Waals surface area (Å²) in [6.45, 7) is 1.42. The highest BCUT2D eigenvalue weighted by molar-refractivity contribution is 5.81. The van der Waals surface area contributed by atoms with E-state index in [4.69, 9.17) is 0 Å². The van der Waals surface area contributed by atoms with E-state index in [1.165, 1.54) is 5.56 Å². The summed E-state index contributed by atoms with van der Waals surface area (Å²) in [6.07, 6.45) is 8.82. The van der Waals surface area contributed by atoms with E-state index >= 15 is 0 Å². The summed E-state index contributed by atoms with van der Waals surface area (Å²) < 4.78 is 0. The van der Waals surface area contributed by atoms with E-state index in [1.54, 1.807) is 0 Å². The van der Waals surface area contributed by atoms with Crippen LogP contribution in [0.25, 0.3) is 0 Å². The zero-order valence-corrected chi connectivity index (χ0v) is 14.6. The second-order valence-corrected chi connectivity index (χ2v) is 7.71. The number of nitrogens with zero attached hydrogens (tertiary/aromatic N) is 1. The van der Waals surface area contributed by atoms with Gasteiger partial charge in [-0.25, -0.2) is 0 Å². The first-order chi connectivity index (χ1) is 12.2. The van der Waals surface area contributed by atoms with E-state index < -0.39 is 0 Å². The third kappa shape index (κ3) is 3.63. The summed E-state index contributed by atoms with van der Waals surface area (Å²) in [5.41, 5.74) is 1.20. The molecule has 1 aliphatic heterocycles. The smallest absolute Gasteiger partial charge is 0.224 e. The van der Waals surface area contributed by atoms with Crippen LogP contribution in [0.1, 0.15) is 31.2 Å². The van der Waals surface area contributed by atoms with Crippen LogP contribution in [0.4, 0.5) is 0 Å². The molecule has 1 aromatic carbocycles. The molecule has 2 aliphatic carbocycles. The monoisotopic (exact) mass is 338 g/mol. The van der Waals surface area contributed by atoms with Gasteiger partial charge in [-0.1, -0.05) is 42.5 Å². The average molecular weight is 338 g/mol. The Kier molecular flexibility index (Phi) is 4.60. The van der Waals surface area contributed by atoms with E-state index in [1.807, 2.05) is 23.1 Å². The number of likely N-dealkylation sites (tertiary alicyclic amines) is 1. The van der Waals surface area contributed by atoms with Crippen molar-refractivity contribution in [2.75, 3.05) is 13.1 Å². The summed E-state index contributed by atoms with van der Waals surface area (Å²) in [6, 6.07) is 10.2. The highest BCUT2D eigenvalue weighted by Gasteiger charge is 2.40. The van der Waals surface area contributed by atoms with Gasteiger partial charge < -0.3 is 10.2 Å². The predicted octanol–water partition coefficient (Wildman–Crippen LogP) is 2.55. The lowest BCUT2D eigenvalue weighted by Gasteiger charge is -2.21. The van der Waals surface area contributed by atoms with Gasteiger partial charge in [0.05, 0.1) is 0 Å². The van der Waals surface area contributed by atoms with E-state index in [0.29, 0.717) is 24.8 Å². The summed E-state index contributed by atoms with van der Waals surface area (Å²) in [5, 5.41) is 3.20. The highest BCUT2D eigenvalue weighted by Crippen LogP contribution is 2.43. The topological polar surface area (TPSA) is 49.4 Å². The number of benzene rings is 1. The molecule has 2 bridgehead atoms. The van der Waals surface area contributed by atoms with Gasteiger partial charge in [0.25, 0.3) is 0 Å². The van der Waals surface area contributed by atoms with Gasteiger partial charge in [0.1, 0.15) is 0 Å². The third-order valence-corrected chi connectivity index (χ3v) is 5.97. The molecule has 1 saturated heterocycles. The third-order valence-electron chi connectivity index (χ3n) is 5.97. The second-order valence-electron chi connectivity index (χ2n) is 7.71. The Bertz CT molecular complexity index is 670. The maximum atomic E-state index is 12.5. The molecule has 0 aromatic heterocycles. The van der Waals surface area contributed by atoms with Gasteiger partial charge in [-0.15, -0.1) is 0 Å². The molecule has 4 atom stereocenters. The number of nitrogens with one attached hydrogen (secondary N) is 1. The Morgan fingerprint density at radius 2 is 1.96 bits per heavy atom. The van der Waals surface area contributed by atoms with Crippen molar-refractivity contribution in [1.29, 1.82) is 0 Å². The standard InChI is InChI=1S/C21H26N2O2/c24-20(9-7-15-4-2-1-3-5-15)23-11-10-18(14-23)22-21(25)19-13-16-6-8-17(19)12-16/h1-6,8,16-19H,7,9-14H2,(H,22,25). The Morgan fingerprint density at radius 3 is 2.68 bits per heavy atom. The van der Waals surface area contributed by atoms with Gasteiger partial charge in [0.2, 0.25) is 11.8 Å². The van der Waals surface area contributed by atoms with Gasteiger partial charge in [-0.3, -0.25) is 9.59 Å². The molecule has 2 fully saturated rings. The van der Waals surface area contributed by atoms with Crippen LogP contribution in [-0.2, 0) is 16.0 Å². The van der Waals surface area contributed by atoms with Crippen molar-refractivity contribution in [3.8, 4) is 0 Å². The molecule has 4 rings (SSSR count). The molecule has 4 unspecified atom stereocenters. The molecule has 132 valence electrons. The molecule has 0 spiro atoms. The molecule has 3 aliphatic rings. The summed E-state index contributed by atoms with van der Waals surface area (Å²) in [4.78, 5) is 26.9. The first-order valence-corrected chi connectivity index (χ1v) is 9.49. The van der Waals surface area contributed by atoms with E-state index in [9.17, 15) is 9.59 Å². The Morgan fingerprint density at radius 1 is 1.12 bits per heavy atom. The fourth-order valence-electron chi connectivity index (χ4n) is 4.55. The van der Waals surface area contributed by atoms with Gasteiger partial charge in [0.15, 0.2) is 0 Å². The zero-order valence-electron chi connectivity index (χ0n) is 14.6. The van der Waals surface area contributed by atoms with Crippen LogP contribution in [0.3, 0.4) is 0 Å². The summed E-state index contributed by atoms with van der Waals surface area (Å²) in [7, 11) is 0. The van der Waals surface area contributed by atoms with Gasteiger partial charge in [-0.05, 0) is 43.1 Å². The van der Waals surface area contributed by atoms with Crippen LogP contribution in [0.5, 0.6) is 0 Å². The van der Waals surface area contributed by atoms with Crippen molar-refractivity contribution < 1.29 is 9.59 Å². The van der Waals surface area contributed by atoms with Crippen molar-refractivity contribution in [3.05, 3.63) is 48.0 Å². The minimum atomic E-state index is 0.122. The number of carbonyl (C=O) groups is 2. The summed E-state index contributed by atoms with van der Waals surface area (Å²) >= 11 is 0. The molecule has 1 N–H and O–H groups in total. The van der Waals surface area contributed by atoms with Gasteiger partial charge in [0, 0.05) is 31.5 Å². The van der Waals surface area contributed by atoms with Crippen molar-refractivity contribution in [2.45, 2.75) is 38.1 Å². The maximum Gasteiger partial charge on any atom is 0.224 e. The molecule has 4 nitrogen and oxygen atoms in total. The Hall–Kier alpha value is -2.10. The Balaban J connectivity index is 1.23. The van der Waals surface area contributed by atoms with Crippen molar-refractivity contribution in [3.63, 3.8) is 0 Å². The number of allylic oxidation sites excluding steroid dienone is 2. The molecular weight excluding hydrogens is 312 g/mol. The van der Waals surface area contributed by atoms with Crippen molar-refractivity contribution in [2.24, 2.45) is 17.8 Å². The first kappa shape index (κ1) is 16.4. The maximum absolute atomic E-state index is 12.5. The average Bonchev–Trinajstić information content (AvgIpc) is 3.37. The van der Waals surface area contributed by atoms with Crippen LogP contribution in [-0.4, -0.2) is 35.8 Å². The molecule has 0 radical (unpaired) electrons. The van der Waals surface area contributed by atoms with Crippen molar-refractivity contribution >= 4 is 11.8 Å². The number of rotatable bonds is 5. The lowest BCUT2D eigenvalue weighted by molar-refractivity contribution is -0.131. The number of carbonyl (C=O) groups excluding carboxylic acids is 2. The number of amides is 2.